The molecule has 0 aliphatic carbocycles. The fourth-order valence-corrected chi connectivity index (χ4v) is 2.70. The van der Waals surface area contributed by atoms with E-state index in [1.54, 1.807) is 0 Å². The summed E-state index contributed by atoms with van der Waals surface area (Å²) in [6.45, 7) is 1.03. The number of hydrogen-bond acceptors (Lipinski definition) is 2. The van der Waals surface area contributed by atoms with Crippen LogP contribution in [-0.2, 0) is 0 Å². The van der Waals surface area contributed by atoms with E-state index in [0.29, 0.717) is 0 Å². The fourth-order valence-electron chi connectivity index (χ4n) is 2.70. The van der Waals surface area contributed by atoms with E-state index in [4.69, 9.17) is 0 Å². The van der Waals surface area contributed by atoms with Gasteiger partial charge in [-0.2, -0.15) is 0 Å². The van der Waals surface area contributed by atoms with Gasteiger partial charge in [0.15, 0.2) is 5.78 Å². The Kier molecular flexibility index (Phi) is 2.48. The second-order valence-corrected chi connectivity index (χ2v) is 4.75. The van der Waals surface area contributed by atoms with Gasteiger partial charge in [-0.05, 0) is 32.5 Å². The number of ketones is 1. The van der Waals surface area contributed by atoms with Crippen molar-refractivity contribution >= 4 is 16.7 Å². The van der Waals surface area contributed by atoms with E-state index in [1.165, 1.54) is 0 Å². The Bertz CT molecular complexity index is 558. The van der Waals surface area contributed by atoms with Gasteiger partial charge in [-0.1, -0.05) is 18.2 Å². The van der Waals surface area contributed by atoms with Crippen molar-refractivity contribution in [3.63, 3.8) is 0 Å². The number of nitrogens with zero attached hydrogens (tertiary/aromatic N) is 1. The summed E-state index contributed by atoms with van der Waals surface area (Å²) in [5, 5.41) is 1.04. The van der Waals surface area contributed by atoms with Crippen molar-refractivity contribution in [3.05, 3.63) is 36.0 Å². The zero-order valence-corrected chi connectivity index (χ0v) is 9.94. The number of carbonyl (C=O) groups excluding carboxylic acids is 1. The number of likely N-dealkylation sites (N-methyl/N-ethyl adjacent to an activating group) is 1. The van der Waals surface area contributed by atoms with Crippen LogP contribution in [-0.4, -0.2) is 35.3 Å². The molecule has 1 atom stereocenters. The van der Waals surface area contributed by atoms with Gasteiger partial charge in [-0.3, -0.25) is 9.69 Å². The number of para-hydroxylation sites is 1. The topological polar surface area (TPSA) is 36.1 Å². The van der Waals surface area contributed by atoms with E-state index in [9.17, 15) is 4.79 Å². The van der Waals surface area contributed by atoms with E-state index in [2.05, 4.69) is 9.88 Å². The first-order valence-electron chi connectivity index (χ1n) is 6.08. The van der Waals surface area contributed by atoms with Crippen LogP contribution in [0.15, 0.2) is 30.5 Å². The molecule has 1 aliphatic rings. The first kappa shape index (κ1) is 10.5. The summed E-state index contributed by atoms with van der Waals surface area (Å²) in [5.74, 6) is 0.252. The smallest absolute Gasteiger partial charge is 0.182 e. The number of aromatic amines is 1. The molecule has 1 saturated heterocycles. The molecule has 1 aromatic carbocycles. The summed E-state index contributed by atoms with van der Waals surface area (Å²) in [6, 6.07) is 8.03. The van der Waals surface area contributed by atoms with Crippen LogP contribution in [0.2, 0.25) is 0 Å². The largest absolute Gasteiger partial charge is 0.360 e. The van der Waals surface area contributed by atoms with Gasteiger partial charge in [0.2, 0.25) is 0 Å². The van der Waals surface area contributed by atoms with Crippen molar-refractivity contribution in [3.8, 4) is 0 Å². The third kappa shape index (κ3) is 1.67. The van der Waals surface area contributed by atoms with Gasteiger partial charge in [0.05, 0.1) is 6.04 Å². The summed E-state index contributed by atoms with van der Waals surface area (Å²) >= 11 is 0. The van der Waals surface area contributed by atoms with Gasteiger partial charge in [0.1, 0.15) is 0 Å². The number of carbonyl (C=O) groups is 1. The second-order valence-electron chi connectivity index (χ2n) is 4.75. The molecule has 17 heavy (non-hydrogen) atoms. The summed E-state index contributed by atoms with van der Waals surface area (Å²) in [6.07, 6.45) is 3.95. The summed E-state index contributed by atoms with van der Waals surface area (Å²) in [7, 11) is 2.03. The predicted octanol–water partition coefficient (Wildman–Crippen LogP) is 2.44. The number of likely N-dealkylation sites (tertiary alicyclic amines) is 1. The molecule has 0 amide bonds. The molecule has 3 nitrogen and oxygen atoms in total. The van der Waals surface area contributed by atoms with Crippen molar-refractivity contribution < 1.29 is 4.79 Å². The lowest BCUT2D eigenvalue weighted by atomic mass is 10.0. The molecule has 1 aromatic heterocycles. The van der Waals surface area contributed by atoms with Crippen molar-refractivity contribution in [2.24, 2.45) is 0 Å². The Labute approximate surface area is 100 Å². The summed E-state index contributed by atoms with van der Waals surface area (Å²) < 4.78 is 0. The highest BCUT2D eigenvalue weighted by Gasteiger charge is 2.29. The first-order chi connectivity index (χ1) is 8.27. The Morgan fingerprint density at radius 3 is 3.00 bits per heavy atom. The van der Waals surface area contributed by atoms with Crippen molar-refractivity contribution in [2.75, 3.05) is 13.6 Å². The Balaban J connectivity index is 2.01. The van der Waals surface area contributed by atoms with Gasteiger partial charge in [-0.25, -0.2) is 0 Å². The molecule has 0 bridgehead atoms. The highest BCUT2D eigenvalue weighted by atomic mass is 16.1. The average molecular weight is 228 g/mol. The van der Waals surface area contributed by atoms with Crippen LogP contribution in [0.3, 0.4) is 0 Å². The lowest BCUT2D eigenvalue weighted by Gasteiger charge is -2.17. The van der Waals surface area contributed by atoms with Crippen molar-refractivity contribution in [2.45, 2.75) is 18.9 Å². The molecule has 1 fully saturated rings. The molecule has 88 valence electrons. The highest BCUT2D eigenvalue weighted by molar-refractivity contribution is 6.10. The number of nitrogens with one attached hydrogen (secondary N) is 1. The van der Waals surface area contributed by atoms with E-state index in [-0.39, 0.29) is 11.8 Å². The van der Waals surface area contributed by atoms with Crippen LogP contribution in [0.5, 0.6) is 0 Å². The normalized spacial score (nSPS) is 21.1. The predicted molar refractivity (Wildman–Crippen MR) is 68.3 cm³/mol. The monoisotopic (exact) mass is 228 g/mol. The zero-order chi connectivity index (χ0) is 11.8. The summed E-state index contributed by atoms with van der Waals surface area (Å²) in [5.41, 5.74) is 1.87. The maximum absolute atomic E-state index is 12.5. The molecule has 1 N–H and O–H groups in total. The van der Waals surface area contributed by atoms with Crippen LogP contribution in [0.25, 0.3) is 10.9 Å². The van der Waals surface area contributed by atoms with Crippen LogP contribution < -0.4 is 0 Å². The van der Waals surface area contributed by atoms with Gasteiger partial charge < -0.3 is 4.98 Å². The molecule has 0 unspecified atom stereocenters. The molecule has 3 heteroatoms. The number of hydrogen-bond donors (Lipinski definition) is 1. The Morgan fingerprint density at radius 1 is 1.41 bits per heavy atom. The number of H-pyrrole nitrogens is 1. The quantitative estimate of drug-likeness (QED) is 0.801. The minimum absolute atomic E-state index is 0.0641. The minimum Gasteiger partial charge on any atom is -0.360 e. The lowest BCUT2D eigenvalue weighted by molar-refractivity contribution is 0.0892. The molecular weight excluding hydrogens is 212 g/mol. The molecule has 2 heterocycles. The number of rotatable bonds is 2. The standard InChI is InChI=1S/C14H16N2O/c1-16-8-4-7-13(16)14(17)11-9-15-12-6-3-2-5-10(11)12/h2-3,5-6,9,13,15H,4,7-8H2,1H3/t13-/m1/s1. The SMILES string of the molecule is CN1CCC[C@@H]1C(=O)c1c[nH]c2ccccc12. The van der Waals surface area contributed by atoms with Gasteiger partial charge >= 0.3 is 0 Å². The lowest BCUT2D eigenvalue weighted by Crippen LogP contribution is -2.32. The fraction of sp³-hybridized carbons (Fsp3) is 0.357. The van der Waals surface area contributed by atoms with Crippen LogP contribution in [0.1, 0.15) is 23.2 Å². The van der Waals surface area contributed by atoms with E-state index in [0.717, 1.165) is 35.9 Å². The van der Waals surface area contributed by atoms with Gasteiger partial charge in [-0.15, -0.1) is 0 Å². The summed E-state index contributed by atoms with van der Waals surface area (Å²) in [4.78, 5) is 17.8. The second kappa shape index (κ2) is 4.00. The molecular formula is C14H16N2O. The minimum atomic E-state index is 0.0641. The van der Waals surface area contributed by atoms with Crippen LogP contribution in [0, 0.1) is 0 Å². The number of benzene rings is 1. The molecule has 3 rings (SSSR count). The first-order valence-corrected chi connectivity index (χ1v) is 6.08. The number of fused-ring (bicyclic) bond motifs is 1. The van der Waals surface area contributed by atoms with Crippen molar-refractivity contribution in [1.82, 2.24) is 9.88 Å². The van der Waals surface area contributed by atoms with Crippen LogP contribution in [0.4, 0.5) is 0 Å². The molecule has 0 spiro atoms. The van der Waals surface area contributed by atoms with E-state index in [1.807, 2.05) is 37.5 Å². The third-order valence-corrected chi connectivity index (χ3v) is 3.68. The molecule has 0 radical (unpaired) electrons. The van der Waals surface area contributed by atoms with Crippen molar-refractivity contribution in [1.29, 1.82) is 0 Å². The molecule has 1 aliphatic heterocycles. The highest BCUT2D eigenvalue weighted by Crippen LogP contribution is 2.24. The van der Waals surface area contributed by atoms with E-state index < -0.39 is 0 Å². The Hall–Kier alpha value is -1.61. The maximum Gasteiger partial charge on any atom is 0.182 e. The Morgan fingerprint density at radius 2 is 2.24 bits per heavy atom. The van der Waals surface area contributed by atoms with Crippen LogP contribution >= 0.6 is 0 Å². The number of Topliss-reactive ketones (excluding diaryl/α,β-unsaturated/α-hetero) is 1. The van der Waals surface area contributed by atoms with Gasteiger partial charge in [0.25, 0.3) is 0 Å². The average Bonchev–Trinajstić information content (AvgIpc) is 2.94. The molecule has 2 aromatic rings. The number of aromatic nitrogens is 1. The zero-order valence-electron chi connectivity index (χ0n) is 9.94. The maximum atomic E-state index is 12.5. The van der Waals surface area contributed by atoms with E-state index >= 15 is 0 Å². The molecule has 0 saturated carbocycles. The van der Waals surface area contributed by atoms with Gasteiger partial charge in [0, 0.05) is 22.7 Å². The third-order valence-electron chi connectivity index (χ3n) is 3.68.